The van der Waals surface area contributed by atoms with Crippen molar-refractivity contribution in [3.8, 4) is 0 Å². The molecule has 0 aliphatic carbocycles. The maximum atomic E-state index is 12.9. The van der Waals surface area contributed by atoms with Gasteiger partial charge in [0.2, 0.25) is 10.0 Å². The molecule has 1 aliphatic rings. The van der Waals surface area contributed by atoms with Crippen LogP contribution in [-0.2, 0) is 23.0 Å². The zero-order valence-electron chi connectivity index (χ0n) is 16.6. The number of benzene rings is 2. The molecule has 1 amide bonds. The van der Waals surface area contributed by atoms with Gasteiger partial charge in [-0.05, 0) is 48.6 Å². The van der Waals surface area contributed by atoms with Gasteiger partial charge in [-0.25, -0.2) is 8.42 Å². The molecule has 1 heterocycles. The summed E-state index contributed by atoms with van der Waals surface area (Å²) in [6.45, 7) is 3.68. The molecule has 1 saturated heterocycles. The minimum atomic E-state index is -3.55. The number of amides is 1. The van der Waals surface area contributed by atoms with Gasteiger partial charge in [-0.3, -0.25) is 4.79 Å². The van der Waals surface area contributed by atoms with Crippen molar-refractivity contribution in [2.24, 2.45) is 0 Å². The first kappa shape index (κ1) is 20.6. The number of sulfonamides is 1. The summed E-state index contributed by atoms with van der Waals surface area (Å²) in [6.07, 6.45) is 3.82. The second-order valence-electron chi connectivity index (χ2n) is 7.32. The van der Waals surface area contributed by atoms with Gasteiger partial charge >= 0.3 is 0 Å². The number of nitrogens with zero attached hydrogens (tertiary/aromatic N) is 2. The van der Waals surface area contributed by atoms with Crippen LogP contribution < -0.4 is 0 Å². The predicted molar refractivity (Wildman–Crippen MR) is 111 cm³/mol. The SMILES string of the molecule is CCc1ccc(CN(C)C(=O)c2cccc(S(=O)(=O)N3CCCCC3)c2)cc1. The summed E-state index contributed by atoms with van der Waals surface area (Å²) in [4.78, 5) is 14.7. The number of aryl methyl sites for hydroxylation is 1. The van der Waals surface area contributed by atoms with Crippen LogP contribution in [0.15, 0.2) is 53.4 Å². The number of hydrogen-bond acceptors (Lipinski definition) is 3. The Morgan fingerprint density at radius 1 is 1.00 bits per heavy atom. The van der Waals surface area contributed by atoms with Crippen molar-refractivity contribution in [2.75, 3.05) is 20.1 Å². The van der Waals surface area contributed by atoms with E-state index in [0.29, 0.717) is 25.2 Å². The summed E-state index contributed by atoms with van der Waals surface area (Å²) in [5, 5.41) is 0. The Balaban J connectivity index is 1.75. The van der Waals surface area contributed by atoms with Gasteiger partial charge < -0.3 is 4.90 Å². The van der Waals surface area contributed by atoms with E-state index in [1.165, 1.54) is 15.9 Å². The smallest absolute Gasteiger partial charge is 0.253 e. The highest BCUT2D eigenvalue weighted by molar-refractivity contribution is 7.89. The van der Waals surface area contributed by atoms with Crippen LogP contribution in [0.1, 0.15) is 47.7 Å². The van der Waals surface area contributed by atoms with Crippen molar-refractivity contribution in [1.29, 1.82) is 0 Å². The van der Waals surface area contributed by atoms with E-state index in [1.807, 2.05) is 12.1 Å². The molecule has 0 radical (unpaired) electrons. The molecule has 2 aromatic rings. The molecule has 0 aromatic heterocycles. The predicted octanol–water partition coefficient (Wildman–Crippen LogP) is 3.70. The third-order valence-electron chi connectivity index (χ3n) is 5.23. The Hall–Kier alpha value is -2.18. The van der Waals surface area contributed by atoms with Crippen molar-refractivity contribution in [3.63, 3.8) is 0 Å². The lowest BCUT2D eigenvalue weighted by molar-refractivity contribution is 0.0785. The van der Waals surface area contributed by atoms with E-state index in [2.05, 4.69) is 19.1 Å². The molecule has 5 nitrogen and oxygen atoms in total. The van der Waals surface area contributed by atoms with Crippen molar-refractivity contribution in [3.05, 3.63) is 65.2 Å². The first-order valence-corrected chi connectivity index (χ1v) is 11.3. The molecular formula is C22H28N2O3S. The molecule has 0 atom stereocenters. The van der Waals surface area contributed by atoms with Crippen LogP contribution in [0.4, 0.5) is 0 Å². The van der Waals surface area contributed by atoms with E-state index in [0.717, 1.165) is 31.2 Å². The molecule has 6 heteroatoms. The second-order valence-corrected chi connectivity index (χ2v) is 9.26. The molecule has 1 aliphatic heterocycles. The van der Waals surface area contributed by atoms with Gasteiger partial charge in [-0.2, -0.15) is 4.31 Å². The monoisotopic (exact) mass is 400 g/mol. The van der Waals surface area contributed by atoms with Gasteiger partial charge in [-0.1, -0.05) is 43.7 Å². The van der Waals surface area contributed by atoms with E-state index in [1.54, 1.807) is 30.1 Å². The Labute approximate surface area is 168 Å². The summed E-state index contributed by atoms with van der Waals surface area (Å²) >= 11 is 0. The van der Waals surface area contributed by atoms with E-state index in [-0.39, 0.29) is 10.8 Å². The number of piperidine rings is 1. The number of carbonyl (C=O) groups excluding carboxylic acids is 1. The molecule has 0 spiro atoms. The number of hydrogen-bond donors (Lipinski definition) is 0. The van der Waals surface area contributed by atoms with Crippen LogP contribution in [0.5, 0.6) is 0 Å². The van der Waals surface area contributed by atoms with Crippen LogP contribution >= 0.6 is 0 Å². The van der Waals surface area contributed by atoms with Gasteiger partial charge in [0.25, 0.3) is 5.91 Å². The van der Waals surface area contributed by atoms with Crippen LogP contribution in [0.25, 0.3) is 0 Å². The topological polar surface area (TPSA) is 57.7 Å². The quantitative estimate of drug-likeness (QED) is 0.743. The van der Waals surface area contributed by atoms with Gasteiger partial charge in [-0.15, -0.1) is 0 Å². The Morgan fingerprint density at radius 2 is 1.64 bits per heavy atom. The minimum Gasteiger partial charge on any atom is -0.337 e. The normalized spacial score (nSPS) is 15.4. The van der Waals surface area contributed by atoms with Crippen molar-refractivity contribution < 1.29 is 13.2 Å². The standard InChI is InChI=1S/C22H28N2O3S/c1-3-18-10-12-19(13-11-18)17-23(2)22(25)20-8-7-9-21(16-20)28(26,27)24-14-5-4-6-15-24/h7-13,16H,3-6,14-15,17H2,1-2H3. The Bertz CT molecular complexity index is 917. The summed E-state index contributed by atoms with van der Waals surface area (Å²) in [5.41, 5.74) is 2.70. The van der Waals surface area contributed by atoms with Crippen LogP contribution in [0, 0.1) is 0 Å². The average molecular weight is 401 g/mol. The summed E-state index contributed by atoms with van der Waals surface area (Å²) < 4.78 is 27.3. The Morgan fingerprint density at radius 3 is 2.29 bits per heavy atom. The minimum absolute atomic E-state index is 0.185. The van der Waals surface area contributed by atoms with Gasteiger partial charge in [0.15, 0.2) is 0 Å². The third kappa shape index (κ3) is 4.62. The maximum Gasteiger partial charge on any atom is 0.253 e. The van der Waals surface area contributed by atoms with Crippen LogP contribution in [0.2, 0.25) is 0 Å². The first-order valence-electron chi connectivity index (χ1n) is 9.85. The first-order chi connectivity index (χ1) is 13.4. The highest BCUT2D eigenvalue weighted by atomic mass is 32.2. The molecule has 0 bridgehead atoms. The lowest BCUT2D eigenvalue weighted by Crippen LogP contribution is -2.35. The highest BCUT2D eigenvalue weighted by Crippen LogP contribution is 2.22. The van der Waals surface area contributed by atoms with Gasteiger partial charge in [0.1, 0.15) is 0 Å². The van der Waals surface area contributed by atoms with E-state index in [9.17, 15) is 13.2 Å². The molecule has 3 rings (SSSR count). The zero-order chi connectivity index (χ0) is 20.1. The fourth-order valence-electron chi connectivity index (χ4n) is 3.49. The zero-order valence-corrected chi connectivity index (χ0v) is 17.4. The second kappa shape index (κ2) is 8.88. The van der Waals surface area contributed by atoms with Crippen molar-refractivity contribution in [1.82, 2.24) is 9.21 Å². The van der Waals surface area contributed by atoms with Crippen molar-refractivity contribution in [2.45, 2.75) is 44.0 Å². The van der Waals surface area contributed by atoms with E-state index >= 15 is 0 Å². The summed E-state index contributed by atoms with van der Waals surface area (Å²) in [6, 6.07) is 14.6. The fourth-order valence-corrected chi connectivity index (χ4v) is 5.05. The third-order valence-corrected chi connectivity index (χ3v) is 7.13. The molecule has 0 N–H and O–H groups in total. The van der Waals surface area contributed by atoms with Crippen molar-refractivity contribution >= 4 is 15.9 Å². The van der Waals surface area contributed by atoms with E-state index in [4.69, 9.17) is 0 Å². The Kier molecular flexibility index (Phi) is 6.52. The lowest BCUT2D eigenvalue weighted by atomic mass is 10.1. The molecular weight excluding hydrogens is 372 g/mol. The van der Waals surface area contributed by atoms with Gasteiger partial charge in [0, 0.05) is 32.2 Å². The maximum absolute atomic E-state index is 12.9. The highest BCUT2D eigenvalue weighted by Gasteiger charge is 2.26. The summed E-state index contributed by atoms with van der Waals surface area (Å²) in [5.74, 6) is -0.185. The van der Waals surface area contributed by atoms with Crippen LogP contribution in [-0.4, -0.2) is 43.7 Å². The van der Waals surface area contributed by atoms with Crippen LogP contribution in [0.3, 0.4) is 0 Å². The molecule has 0 unspecified atom stereocenters. The molecule has 1 fully saturated rings. The number of carbonyl (C=O) groups is 1. The largest absolute Gasteiger partial charge is 0.337 e. The van der Waals surface area contributed by atoms with Gasteiger partial charge in [0.05, 0.1) is 4.90 Å². The molecule has 150 valence electrons. The fraction of sp³-hybridized carbons (Fsp3) is 0.409. The number of rotatable bonds is 6. The summed E-state index contributed by atoms with van der Waals surface area (Å²) in [7, 11) is -1.81. The average Bonchev–Trinajstić information content (AvgIpc) is 2.74. The molecule has 0 saturated carbocycles. The molecule has 28 heavy (non-hydrogen) atoms. The lowest BCUT2D eigenvalue weighted by Gasteiger charge is -2.26. The molecule has 2 aromatic carbocycles. The van der Waals surface area contributed by atoms with E-state index < -0.39 is 10.0 Å².